The first kappa shape index (κ1) is 16.6. The van der Waals surface area contributed by atoms with Crippen molar-refractivity contribution in [2.75, 3.05) is 0 Å². The second-order valence-electron chi connectivity index (χ2n) is 5.28. The molecule has 1 aliphatic heterocycles. The molecule has 1 saturated heterocycles. The van der Waals surface area contributed by atoms with E-state index in [4.69, 9.17) is 17.6 Å². The van der Waals surface area contributed by atoms with Crippen molar-refractivity contribution in [2.45, 2.75) is 12.0 Å². The number of carbonyl (C=O) groups is 1. The topological polar surface area (TPSA) is 56.8 Å². The zero-order valence-corrected chi connectivity index (χ0v) is 14.7. The fourth-order valence-corrected chi connectivity index (χ4v) is 3.47. The smallest absolute Gasteiger partial charge is 0.295 e. The molecule has 120 valence electrons. The van der Waals surface area contributed by atoms with Crippen LogP contribution in [0.25, 0.3) is 0 Å². The minimum Gasteiger partial charge on any atom is -0.310 e. The maximum atomic E-state index is 13.6. The molecule has 0 spiro atoms. The molecule has 1 aliphatic rings. The monoisotopic (exact) mass is 404 g/mol. The van der Waals surface area contributed by atoms with Crippen molar-refractivity contribution in [1.29, 1.82) is 5.41 Å². The Balaban J connectivity index is 2.20. The normalized spacial score (nSPS) is 20.5. The number of amides is 1. The third-order valence-corrected chi connectivity index (χ3v) is 4.80. The molecule has 0 bridgehead atoms. The molecule has 0 aliphatic carbocycles. The highest BCUT2D eigenvalue weighted by Crippen LogP contribution is 2.36. The molecule has 2 N–H and O–H groups in total. The number of nitrogens with one attached hydrogen (secondary N) is 2. The third-order valence-electron chi connectivity index (χ3n) is 3.87. The summed E-state index contributed by atoms with van der Waals surface area (Å²) in [5.41, 5.74) is 1.07. The van der Waals surface area contributed by atoms with Gasteiger partial charge in [-0.15, -0.1) is 0 Å². The predicted octanol–water partition coefficient (Wildman–Crippen LogP) is 2.83. The van der Waals surface area contributed by atoms with Crippen molar-refractivity contribution in [1.82, 2.24) is 5.32 Å². The molecule has 2 atom stereocenters. The average Bonchev–Trinajstić information content (AvgIpc) is 2.57. The maximum absolute atomic E-state index is 13.6. The summed E-state index contributed by atoms with van der Waals surface area (Å²) in [6.45, 7) is 0. The van der Waals surface area contributed by atoms with E-state index >= 15 is 0 Å². The van der Waals surface area contributed by atoms with Gasteiger partial charge in [0.2, 0.25) is 6.04 Å². The van der Waals surface area contributed by atoms with Gasteiger partial charge in [-0.3, -0.25) is 10.2 Å². The largest absolute Gasteiger partial charge is 0.310 e. The van der Waals surface area contributed by atoms with Crippen LogP contribution in [0, 0.1) is 11.2 Å². The minimum atomic E-state index is -0.650. The molecule has 0 unspecified atom stereocenters. The molecule has 1 fully saturated rings. The number of thiocarbonyl (C=S) groups is 1. The third kappa shape index (κ3) is 2.94. The molecule has 1 amide bonds. The Kier molecular flexibility index (Phi) is 4.66. The van der Waals surface area contributed by atoms with Crippen LogP contribution < -0.4 is 9.88 Å². The number of benzene rings is 1. The lowest BCUT2D eigenvalue weighted by molar-refractivity contribution is -0.711. The zero-order chi connectivity index (χ0) is 17.3. The number of nitrogens with zero attached hydrogens (tertiary/aromatic N) is 1. The van der Waals surface area contributed by atoms with Crippen LogP contribution >= 0.6 is 28.1 Å². The van der Waals surface area contributed by atoms with Gasteiger partial charge >= 0.3 is 0 Å². The summed E-state index contributed by atoms with van der Waals surface area (Å²) < 4.78 is 15.6. The fourth-order valence-electron chi connectivity index (χ4n) is 2.80. The number of aromatic nitrogens is 1. The van der Waals surface area contributed by atoms with E-state index in [1.807, 2.05) is 18.2 Å². The van der Waals surface area contributed by atoms with Crippen LogP contribution in [0.2, 0.25) is 0 Å². The van der Waals surface area contributed by atoms with Crippen LogP contribution in [-0.4, -0.2) is 16.8 Å². The van der Waals surface area contributed by atoms with Crippen molar-refractivity contribution in [2.24, 2.45) is 0 Å². The summed E-state index contributed by atoms with van der Waals surface area (Å²) >= 11 is 8.36. The second kappa shape index (κ2) is 6.73. The first-order chi connectivity index (χ1) is 11.5. The lowest BCUT2D eigenvalue weighted by Crippen LogP contribution is -2.56. The molecule has 3 rings (SSSR count). The average molecular weight is 405 g/mol. The van der Waals surface area contributed by atoms with Crippen molar-refractivity contribution in [3.63, 3.8) is 0 Å². The van der Waals surface area contributed by atoms with Gasteiger partial charge in [-0.05, 0) is 39.5 Å². The van der Waals surface area contributed by atoms with Crippen LogP contribution in [0.5, 0.6) is 0 Å². The Morgan fingerprint density at radius 3 is 2.62 bits per heavy atom. The molecule has 4 nitrogen and oxygen atoms in total. The summed E-state index contributed by atoms with van der Waals surface area (Å²) in [5.74, 6) is 1.14. The number of piperidine rings is 1. The van der Waals surface area contributed by atoms with Gasteiger partial charge in [-0.25, -0.2) is 4.39 Å². The van der Waals surface area contributed by atoms with E-state index in [0.29, 0.717) is 11.1 Å². The number of carbonyl (C=O) groups excluding carboxylic acids is 1. The van der Waals surface area contributed by atoms with Gasteiger partial charge in [0.05, 0.1) is 16.0 Å². The SMILES string of the molecule is N=C=C1C(=S)NC(=O)[C@H]([n+]2ccccc2)[C@H]1c1ccc(F)c(Br)c1. The Bertz CT molecular complexity index is 881. The second-order valence-corrected chi connectivity index (χ2v) is 6.54. The molecule has 0 saturated carbocycles. The van der Waals surface area contributed by atoms with Gasteiger partial charge < -0.3 is 5.32 Å². The molecule has 0 radical (unpaired) electrons. The molecule has 7 heteroatoms. The molecule has 1 aromatic heterocycles. The Morgan fingerprint density at radius 2 is 2.00 bits per heavy atom. The minimum absolute atomic E-state index is 0.174. The van der Waals surface area contributed by atoms with Crippen molar-refractivity contribution in [3.05, 3.63) is 70.2 Å². The maximum Gasteiger partial charge on any atom is 0.295 e. The van der Waals surface area contributed by atoms with Gasteiger partial charge in [0, 0.05) is 12.1 Å². The first-order valence-electron chi connectivity index (χ1n) is 7.08. The van der Waals surface area contributed by atoms with Gasteiger partial charge in [0.25, 0.3) is 5.91 Å². The van der Waals surface area contributed by atoms with Crippen LogP contribution in [0.15, 0.2) is 58.8 Å². The molecule has 2 heterocycles. The lowest BCUT2D eigenvalue weighted by atomic mass is 9.82. The van der Waals surface area contributed by atoms with Gasteiger partial charge in [-0.2, -0.15) is 4.57 Å². The van der Waals surface area contributed by atoms with E-state index < -0.39 is 17.8 Å². The first-order valence-corrected chi connectivity index (χ1v) is 8.28. The van der Waals surface area contributed by atoms with E-state index in [1.54, 1.807) is 29.1 Å². The van der Waals surface area contributed by atoms with Crippen LogP contribution in [-0.2, 0) is 4.79 Å². The van der Waals surface area contributed by atoms with Gasteiger partial charge in [-0.1, -0.05) is 24.4 Å². The van der Waals surface area contributed by atoms with Gasteiger partial charge in [0.1, 0.15) is 10.8 Å². The van der Waals surface area contributed by atoms with E-state index in [1.165, 1.54) is 6.07 Å². The number of hydrogen-bond acceptors (Lipinski definition) is 3. The van der Waals surface area contributed by atoms with Crippen LogP contribution in [0.3, 0.4) is 0 Å². The van der Waals surface area contributed by atoms with E-state index in [-0.39, 0.29) is 15.4 Å². The van der Waals surface area contributed by atoms with Crippen LogP contribution in [0.1, 0.15) is 17.5 Å². The number of hydrogen-bond donors (Lipinski definition) is 2. The molecule has 1 aromatic carbocycles. The lowest BCUT2D eigenvalue weighted by Gasteiger charge is -2.29. The van der Waals surface area contributed by atoms with Crippen molar-refractivity contribution in [3.8, 4) is 0 Å². The number of rotatable bonds is 2. The summed E-state index contributed by atoms with van der Waals surface area (Å²) in [5, 5.41) is 10.2. The zero-order valence-electron chi connectivity index (χ0n) is 12.3. The fraction of sp³-hybridized carbons (Fsp3) is 0.118. The molecular formula is C17H12BrFN3OS+. The number of pyridine rings is 1. The number of halogens is 2. The van der Waals surface area contributed by atoms with Crippen LogP contribution in [0.4, 0.5) is 4.39 Å². The van der Waals surface area contributed by atoms with E-state index in [0.717, 1.165) is 0 Å². The van der Waals surface area contributed by atoms with Crippen molar-refractivity contribution < 1.29 is 13.8 Å². The Morgan fingerprint density at radius 1 is 1.29 bits per heavy atom. The predicted molar refractivity (Wildman–Crippen MR) is 94.5 cm³/mol. The molecule has 24 heavy (non-hydrogen) atoms. The molecular weight excluding hydrogens is 393 g/mol. The summed E-state index contributed by atoms with van der Waals surface area (Å²) in [6, 6.07) is 9.34. The Labute approximate surface area is 151 Å². The quantitative estimate of drug-likeness (QED) is 0.350. The highest BCUT2D eigenvalue weighted by Gasteiger charge is 2.45. The van der Waals surface area contributed by atoms with Gasteiger partial charge in [0.15, 0.2) is 12.4 Å². The summed E-state index contributed by atoms with van der Waals surface area (Å²) in [4.78, 5) is 12.8. The standard InChI is InChI=1S/C17H11BrFN3OS/c18-12-8-10(4-5-13(12)19)14-11(9-20)17(24)21-16(23)15(14)22-6-2-1-3-7-22/h1-8,14-15,20H/p+1/t14-,15+/m0/s1. The highest BCUT2D eigenvalue weighted by atomic mass is 79.9. The van der Waals surface area contributed by atoms with E-state index in [2.05, 4.69) is 27.1 Å². The summed E-state index contributed by atoms with van der Waals surface area (Å²) in [7, 11) is 0. The summed E-state index contributed by atoms with van der Waals surface area (Å²) in [6.07, 6.45) is 3.54. The van der Waals surface area contributed by atoms with E-state index in [9.17, 15) is 9.18 Å². The van der Waals surface area contributed by atoms with Crippen molar-refractivity contribution >= 4 is 44.9 Å². The highest BCUT2D eigenvalue weighted by molar-refractivity contribution is 9.10. The molecule has 2 aromatic rings. The Hall–Kier alpha value is -2.21.